The first-order valence-electron chi connectivity index (χ1n) is 7.70. The fourth-order valence-corrected chi connectivity index (χ4v) is 3.53. The van der Waals surface area contributed by atoms with E-state index in [1.54, 1.807) is 0 Å². The highest BCUT2D eigenvalue weighted by molar-refractivity contribution is 5.78. The molecule has 0 radical (unpaired) electrons. The van der Waals surface area contributed by atoms with E-state index >= 15 is 0 Å². The van der Waals surface area contributed by atoms with Crippen LogP contribution >= 0.6 is 0 Å². The van der Waals surface area contributed by atoms with Crippen molar-refractivity contribution in [3.63, 3.8) is 0 Å². The summed E-state index contributed by atoms with van der Waals surface area (Å²) in [5, 5.41) is 9.90. The summed E-state index contributed by atoms with van der Waals surface area (Å²) in [6.07, 6.45) is 1.69. The average molecular weight is 289 g/mol. The minimum Gasteiger partial charge on any atom is -0.483 e. The van der Waals surface area contributed by atoms with E-state index < -0.39 is 0 Å². The Morgan fingerprint density at radius 2 is 2.14 bits per heavy atom. The Hall–Kier alpha value is -1.55. The van der Waals surface area contributed by atoms with Crippen LogP contribution in [0.4, 0.5) is 0 Å². The molecule has 3 rings (SSSR count). The number of carbonyl (C=O) groups excluding carboxylic acids is 1. The van der Waals surface area contributed by atoms with E-state index in [2.05, 4.69) is 0 Å². The van der Waals surface area contributed by atoms with Crippen molar-refractivity contribution >= 4 is 5.91 Å². The molecule has 1 N–H and O–H groups in total. The van der Waals surface area contributed by atoms with Gasteiger partial charge >= 0.3 is 0 Å². The molecule has 1 aliphatic carbocycles. The summed E-state index contributed by atoms with van der Waals surface area (Å²) in [6, 6.07) is 6.00. The molecule has 2 aliphatic rings. The van der Waals surface area contributed by atoms with Crippen molar-refractivity contribution in [2.45, 2.75) is 32.8 Å². The number of fused-ring (bicyclic) bond motifs is 1. The molecule has 1 saturated carbocycles. The number of carbonyl (C=O) groups is 1. The van der Waals surface area contributed by atoms with Crippen LogP contribution in [0.25, 0.3) is 0 Å². The van der Waals surface area contributed by atoms with Gasteiger partial charge in [0.15, 0.2) is 6.61 Å². The molecular weight excluding hydrogens is 266 g/mol. The van der Waals surface area contributed by atoms with Crippen molar-refractivity contribution < 1.29 is 14.6 Å². The van der Waals surface area contributed by atoms with E-state index in [9.17, 15) is 9.90 Å². The second-order valence-electron chi connectivity index (χ2n) is 6.42. The number of hydrogen-bond donors (Lipinski definition) is 1. The zero-order valence-corrected chi connectivity index (χ0v) is 12.7. The van der Waals surface area contributed by atoms with E-state index in [1.807, 2.05) is 36.9 Å². The predicted octanol–water partition coefficient (Wildman–Crippen LogP) is 1.91. The number of nitrogens with zero attached hydrogens (tertiary/aromatic N) is 1. The SMILES string of the molecule is Cc1ccc(C)c(OCC(=O)N2CC3CCC(O)C3C2)c1. The molecule has 0 spiro atoms. The lowest BCUT2D eigenvalue weighted by Crippen LogP contribution is -2.34. The maximum absolute atomic E-state index is 12.3. The molecule has 1 aromatic rings. The quantitative estimate of drug-likeness (QED) is 0.925. The molecule has 1 aliphatic heterocycles. The zero-order chi connectivity index (χ0) is 15.0. The van der Waals surface area contributed by atoms with Gasteiger partial charge in [0.1, 0.15) is 5.75 Å². The number of likely N-dealkylation sites (tertiary alicyclic amines) is 1. The van der Waals surface area contributed by atoms with Crippen LogP contribution < -0.4 is 4.74 Å². The summed E-state index contributed by atoms with van der Waals surface area (Å²) in [7, 11) is 0. The first kappa shape index (κ1) is 14.4. The van der Waals surface area contributed by atoms with E-state index in [-0.39, 0.29) is 24.5 Å². The van der Waals surface area contributed by atoms with Crippen molar-refractivity contribution in [3.8, 4) is 5.75 Å². The summed E-state index contributed by atoms with van der Waals surface area (Å²) in [6.45, 7) is 5.53. The molecule has 4 heteroatoms. The number of rotatable bonds is 3. The van der Waals surface area contributed by atoms with Gasteiger partial charge in [-0.15, -0.1) is 0 Å². The Labute approximate surface area is 125 Å². The third kappa shape index (κ3) is 2.91. The van der Waals surface area contributed by atoms with Crippen molar-refractivity contribution in [1.82, 2.24) is 4.90 Å². The standard InChI is InChI=1S/C17H23NO3/c1-11-3-4-12(2)16(7-11)21-10-17(20)18-8-13-5-6-15(19)14(13)9-18/h3-4,7,13-15,19H,5-6,8-10H2,1-2H3. The number of aryl methyl sites for hydroxylation is 2. The molecule has 114 valence electrons. The van der Waals surface area contributed by atoms with Gasteiger partial charge in [-0.25, -0.2) is 0 Å². The van der Waals surface area contributed by atoms with Gasteiger partial charge in [-0.05, 0) is 49.8 Å². The third-order valence-corrected chi connectivity index (χ3v) is 4.87. The maximum atomic E-state index is 12.3. The van der Waals surface area contributed by atoms with Gasteiger partial charge in [0.05, 0.1) is 6.10 Å². The monoisotopic (exact) mass is 289 g/mol. The summed E-state index contributed by atoms with van der Waals surface area (Å²) < 4.78 is 5.69. The molecular formula is C17H23NO3. The van der Waals surface area contributed by atoms with Crippen molar-refractivity contribution in [1.29, 1.82) is 0 Å². The van der Waals surface area contributed by atoms with E-state index in [1.165, 1.54) is 0 Å². The number of aliphatic hydroxyl groups is 1. The van der Waals surface area contributed by atoms with Gasteiger partial charge in [-0.1, -0.05) is 12.1 Å². The molecule has 4 nitrogen and oxygen atoms in total. The van der Waals surface area contributed by atoms with Crippen LogP contribution in [0.1, 0.15) is 24.0 Å². The molecule has 1 saturated heterocycles. The largest absolute Gasteiger partial charge is 0.483 e. The minimum absolute atomic E-state index is 0.0255. The zero-order valence-electron chi connectivity index (χ0n) is 12.7. The summed E-state index contributed by atoms with van der Waals surface area (Å²) >= 11 is 0. The lowest BCUT2D eigenvalue weighted by Gasteiger charge is -2.19. The number of aliphatic hydroxyl groups excluding tert-OH is 1. The molecule has 0 aromatic heterocycles. The lowest BCUT2D eigenvalue weighted by atomic mass is 10.00. The van der Waals surface area contributed by atoms with Crippen LogP contribution in [0.3, 0.4) is 0 Å². The first-order chi connectivity index (χ1) is 10.0. The minimum atomic E-state index is -0.229. The highest BCUT2D eigenvalue weighted by Crippen LogP contribution is 2.38. The van der Waals surface area contributed by atoms with Gasteiger partial charge in [0, 0.05) is 19.0 Å². The molecule has 3 unspecified atom stereocenters. The molecule has 21 heavy (non-hydrogen) atoms. The van der Waals surface area contributed by atoms with Crippen LogP contribution in [-0.2, 0) is 4.79 Å². The van der Waals surface area contributed by atoms with Crippen LogP contribution in [0.5, 0.6) is 5.75 Å². The number of amides is 1. The molecule has 1 aromatic carbocycles. The van der Waals surface area contributed by atoms with Crippen molar-refractivity contribution in [2.24, 2.45) is 11.8 Å². The van der Waals surface area contributed by atoms with Gasteiger partial charge in [0.25, 0.3) is 5.91 Å². The molecule has 1 amide bonds. The summed E-state index contributed by atoms with van der Waals surface area (Å²) in [5.41, 5.74) is 2.17. The second-order valence-corrected chi connectivity index (χ2v) is 6.42. The highest BCUT2D eigenvalue weighted by Gasteiger charge is 2.43. The smallest absolute Gasteiger partial charge is 0.260 e. The normalized spacial score (nSPS) is 27.8. The van der Waals surface area contributed by atoms with Crippen molar-refractivity contribution in [2.75, 3.05) is 19.7 Å². The Morgan fingerprint density at radius 3 is 2.90 bits per heavy atom. The van der Waals surface area contributed by atoms with E-state index in [0.29, 0.717) is 12.5 Å². The lowest BCUT2D eigenvalue weighted by molar-refractivity contribution is -0.132. The topological polar surface area (TPSA) is 49.8 Å². The fraction of sp³-hybridized carbons (Fsp3) is 0.588. The van der Waals surface area contributed by atoms with Gasteiger partial charge in [-0.3, -0.25) is 4.79 Å². The second kappa shape index (κ2) is 5.68. The maximum Gasteiger partial charge on any atom is 0.260 e. The van der Waals surface area contributed by atoms with Gasteiger partial charge in [-0.2, -0.15) is 0 Å². The average Bonchev–Trinajstić information content (AvgIpc) is 3.02. The van der Waals surface area contributed by atoms with Crippen molar-refractivity contribution in [3.05, 3.63) is 29.3 Å². The van der Waals surface area contributed by atoms with Gasteiger partial charge < -0.3 is 14.7 Å². The first-order valence-corrected chi connectivity index (χ1v) is 7.70. The number of hydrogen-bond acceptors (Lipinski definition) is 3. The third-order valence-electron chi connectivity index (χ3n) is 4.87. The Morgan fingerprint density at radius 1 is 1.33 bits per heavy atom. The number of ether oxygens (including phenoxy) is 1. The Kier molecular flexibility index (Phi) is 3.89. The Balaban J connectivity index is 1.57. The van der Waals surface area contributed by atoms with Gasteiger partial charge in [0.2, 0.25) is 0 Å². The fourth-order valence-electron chi connectivity index (χ4n) is 3.53. The predicted molar refractivity (Wildman–Crippen MR) is 80.2 cm³/mol. The number of benzene rings is 1. The van der Waals surface area contributed by atoms with Crippen LogP contribution in [0.2, 0.25) is 0 Å². The summed E-state index contributed by atoms with van der Waals surface area (Å²) in [5.74, 6) is 1.56. The Bertz CT molecular complexity index is 543. The summed E-state index contributed by atoms with van der Waals surface area (Å²) in [4.78, 5) is 14.1. The molecule has 2 fully saturated rings. The molecule has 0 bridgehead atoms. The van der Waals surface area contributed by atoms with Crippen LogP contribution in [0, 0.1) is 25.7 Å². The molecule has 3 atom stereocenters. The molecule has 1 heterocycles. The van der Waals surface area contributed by atoms with Crippen LogP contribution in [0.15, 0.2) is 18.2 Å². The van der Waals surface area contributed by atoms with E-state index in [4.69, 9.17) is 4.74 Å². The highest BCUT2D eigenvalue weighted by atomic mass is 16.5. The van der Waals surface area contributed by atoms with E-state index in [0.717, 1.165) is 36.3 Å². The van der Waals surface area contributed by atoms with Crippen LogP contribution in [-0.4, -0.2) is 41.7 Å².